The van der Waals surface area contributed by atoms with Gasteiger partial charge in [-0.1, -0.05) is 38.1 Å². The van der Waals surface area contributed by atoms with Crippen LogP contribution < -0.4 is 4.74 Å². The van der Waals surface area contributed by atoms with Gasteiger partial charge in [0.15, 0.2) is 0 Å². The van der Waals surface area contributed by atoms with Gasteiger partial charge in [-0.3, -0.25) is 0 Å². The maximum absolute atomic E-state index is 13.0. The Labute approximate surface area is 123 Å². The second-order valence-electron chi connectivity index (χ2n) is 5.25. The van der Waals surface area contributed by atoms with E-state index in [1.165, 1.54) is 5.56 Å². The van der Waals surface area contributed by atoms with Gasteiger partial charge < -0.3 is 9.84 Å². The van der Waals surface area contributed by atoms with Crippen LogP contribution in [0.1, 0.15) is 37.0 Å². The number of aliphatic hydroxyl groups excluding tert-OH is 1. The Bertz CT molecular complexity index is 574. The van der Waals surface area contributed by atoms with Gasteiger partial charge in [0.1, 0.15) is 30.1 Å². The average molecular weight is 292 g/mol. The van der Waals surface area contributed by atoms with E-state index in [0.717, 1.165) is 18.2 Å². The van der Waals surface area contributed by atoms with Crippen molar-refractivity contribution in [3.05, 3.63) is 65.2 Å². The van der Waals surface area contributed by atoms with E-state index in [2.05, 4.69) is 13.8 Å². The lowest BCUT2D eigenvalue weighted by atomic mass is 10.0. The highest BCUT2D eigenvalue weighted by molar-refractivity contribution is 5.27. The molecule has 1 atom stereocenters. The van der Waals surface area contributed by atoms with Gasteiger partial charge in [-0.05, 0) is 17.0 Å². The maximum Gasteiger partial charge on any atom is 0.129 e. The molecule has 0 amide bonds. The van der Waals surface area contributed by atoms with E-state index in [-0.39, 0.29) is 12.4 Å². The van der Waals surface area contributed by atoms with Gasteiger partial charge in [-0.25, -0.2) is 8.78 Å². The standard InChI is InChI=1S/C17H18F2O2/c1-11(2)12-3-5-13(6-4-12)17(20)10-21-16-8-14(18)7-15(19)9-16/h3-9,11,17,20H,10H2,1-2H3. The van der Waals surface area contributed by atoms with Crippen molar-refractivity contribution in [2.24, 2.45) is 0 Å². The van der Waals surface area contributed by atoms with E-state index in [4.69, 9.17) is 4.74 Å². The molecule has 4 heteroatoms. The van der Waals surface area contributed by atoms with Crippen LogP contribution in [0.4, 0.5) is 8.78 Å². The SMILES string of the molecule is CC(C)c1ccc(C(O)COc2cc(F)cc(F)c2)cc1. The maximum atomic E-state index is 13.0. The Morgan fingerprint density at radius 1 is 0.952 bits per heavy atom. The lowest BCUT2D eigenvalue weighted by molar-refractivity contribution is 0.108. The second kappa shape index (κ2) is 6.68. The quantitative estimate of drug-likeness (QED) is 0.895. The molecule has 0 saturated carbocycles. The molecule has 21 heavy (non-hydrogen) atoms. The summed E-state index contributed by atoms with van der Waals surface area (Å²) in [4.78, 5) is 0. The monoisotopic (exact) mass is 292 g/mol. The summed E-state index contributed by atoms with van der Waals surface area (Å²) in [6.45, 7) is 4.12. The third-order valence-corrected chi connectivity index (χ3v) is 3.23. The van der Waals surface area contributed by atoms with E-state index >= 15 is 0 Å². The van der Waals surface area contributed by atoms with Crippen LogP contribution in [0.25, 0.3) is 0 Å². The number of aliphatic hydroxyl groups is 1. The van der Waals surface area contributed by atoms with Crippen molar-refractivity contribution in [3.8, 4) is 5.75 Å². The van der Waals surface area contributed by atoms with Gasteiger partial charge in [0.2, 0.25) is 0 Å². The van der Waals surface area contributed by atoms with Crippen molar-refractivity contribution in [1.29, 1.82) is 0 Å². The molecule has 0 aliphatic rings. The molecular weight excluding hydrogens is 274 g/mol. The molecule has 0 spiro atoms. The third-order valence-electron chi connectivity index (χ3n) is 3.23. The van der Waals surface area contributed by atoms with Crippen LogP contribution in [0.15, 0.2) is 42.5 Å². The molecular formula is C17H18F2O2. The molecule has 0 aliphatic carbocycles. The van der Waals surface area contributed by atoms with Crippen molar-refractivity contribution >= 4 is 0 Å². The van der Waals surface area contributed by atoms with E-state index in [1.54, 1.807) is 0 Å². The molecule has 0 fully saturated rings. The Hall–Kier alpha value is -1.94. The first kappa shape index (κ1) is 15.4. The van der Waals surface area contributed by atoms with E-state index in [0.29, 0.717) is 11.5 Å². The minimum atomic E-state index is -0.849. The second-order valence-corrected chi connectivity index (χ2v) is 5.25. The Morgan fingerprint density at radius 2 is 1.48 bits per heavy atom. The minimum absolute atomic E-state index is 0.0605. The molecule has 0 saturated heterocycles. The van der Waals surface area contributed by atoms with Crippen LogP contribution in [0, 0.1) is 11.6 Å². The molecule has 2 aromatic rings. The first-order valence-corrected chi connectivity index (χ1v) is 6.82. The molecule has 0 bridgehead atoms. The largest absolute Gasteiger partial charge is 0.490 e. The lowest BCUT2D eigenvalue weighted by Crippen LogP contribution is -2.10. The van der Waals surface area contributed by atoms with Crippen molar-refractivity contribution in [2.75, 3.05) is 6.61 Å². The van der Waals surface area contributed by atoms with E-state index < -0.39 is 17.7 Å². The summed E-state index contributed by atoms with van der Waals surface area (Å²) in [7, 11) is 0. The molecule has 2 aromatic carbocycles. The smallest absolute Gasteiger partial charge is 0.129 e. The highest BCUT2D eigenvalue weighted by atomic mass is 19.1. The molecule has 2 rings (SSSR count). The molecule has 1 N–H and O–H groups in total. The molecule has 112 valence electrons. The third kappa shape index (κ3) is 4.26. The van der Waals surface area contributed by atoms with Crippen LogP contribution >= 0.6 is 0 Å². The average Bonchev–Trinajstić information content (AvgIpc) is 2.44. The van der Waals surface area contributed by atoms with Crippen LogP contribution in [-0.4, -0.2) is 11.7 Å². The molecule has 0 radical (unpaired) electrons. The number of ether oxygens (including phenoxy) is 1. The van der Waals surface area contributed by atoms with Crippen LogP contribution in [0.3, 0.4) is 0 Å². The highest BCUT2D eigenvalue weighted by Gasteiger charge is 2.10. The van der Waals surface area contributed by atoms with Crippen molar-refractivity contribution in [3.63, 3.8) is 0 Å². The van der Waals surface area contributed by atoms with Gasteiger partial charge in [0, 0.05) is 18.2 Å². The molecule has 0 aliphatic heterocycles. The Kier molecular flexibility index (Phi) is 4.91. The predicted molar refractivity (Wildman–Crippen MR) is 77.3 cm³/mol. The Balaban J connectivity index is 1.99. The summed E-state index contributed by atoms with van der Waals surface area (Å²) in [5.74, 6) is -0.936. The molecule has 0 aromatic heterocycles. The molecule has 2 nitrogen and oxygen atoms in total. The van der Waals surface area contributed by atoms with E-state index in [9.17, 15) is 13.9 Å². The summed E-state index contributed by atoms with van der Waals surface area (Å²) in [5.41, 5.74) is 1.88. The van der Waals surface area contributed by atoms with Crippen molar-refractivity contribution in [1.82, 2.24) is 0 Å². The van der Waals surface area contributed by atoms with Crippen LogP contribution in [0.2, 0.25) is 0 Å². The fraction of sp³-hybridized carbons (Fsp3) is 0.294. The van der Waals surface area contributed by atoms with Crippen molar-refractivity contribution in [2.45, 2.75) is 25.9 Å². The molecule has 1 unspecified atom stereocenters. The van der Waals surface area contributed by atoms with Gasteiger partial charge in [0.05, 0.1) is 0 Å². The van der Waals surface area contributed by atoms with Crippen LogP contribution in [-0.2, 0) is 0 Å². The van der Waals surface area contributed by atoms with E-state index in [1.807, 2.05) is 24.3 Å². The summed E-state index contributed by atoms with van der Waals surface area (Å²) >= 11 is 0. The summed E-state index contributed by atoms with van der Waals surface area (Å²) < 4.78 is 31.3. The first-order valence-electron chi connectivity index (χ1n) is 6.82. The zero-order chi connectivity index (χ0) is 15.4. The number of halogens is 2. The fourth-order valence-corrected chi connectivity index (χ4v) is 1.99. The number of hydrogen-bond acceptors (Lipinski definition) is 2. The topological polar surface area (TPSA) is 29.5 Å². The highest BCUT2D eigenvalue weighted by Crippen LogP contribution is 2.21. The zero-order valence-corrected chi connectivity index (χ0v) is 12.0. The summed E-state index contributed by atoms with van der Waals surface area (Å²) in [6.07, 6.45) is -0.849. The normalized spacial score (nSPS) is 12.5. The summed E-state index contributed by atoms with van der Waals surface area (Å²) in [5, 5.41) is 10.0. The lowest BCUT2D eigenvalue weighted by Gasteiger charge is -2.14. The summed E-state index contributed by atoms with van der Waals surface area (Å²) in [6, 6.07) is 10.5. The number of rotatable bonds is 5. The molecule has 0 heterocycles. The zero-order valence-electron chi connectivity index (χ0n) is 12.0. The van der Waals surface area contributed by atoms with Gasteiger partial charge >= 0.3 is 0 Å². The minimum Gasteiger partial charge on any atom is -0.490 e. The predicted octanol–water partition coefficient (Wildman–Crippen LogP) is 4.20. The van der Waals surface area contributed by atoms with Crippen LogP contribution in [0.5, 0.6) is 5.75 Å². The Morgan fingerprint density at radius 3 is 2.00 bits per heavy atom. The fourth-order valence-electron chi connectivity index (χ4n) is 1.99. The number of hydrogen-bond donors (Lipinski definition) is 1. The van der Waals surface area contributed by atoms with Gasteiger partial charge in [-0.15, -0.1) is 0 Å². The van der Waals surface area contributed by atoms with Crippen molar-refractivity contribution < 1.29 is 18.6 Å². The van der Waals surface area contributed by atoms with Gasteiger partial charge in [-0.2, -0.15) is 0 Å². The number of benzene rings is 2. The van der Waals surface area contributed by atoms with Gasteiger partial charge in [0.25, 0.3) is 0 Å². The first-order chi connectivity index (χ1) is 9.95.